The summed E-state index contributed by atoms with van der Waals surface area (Å²) in [7, 11) is 1.61. The van der Waals surface area contributed by atoms with Gasteiger partial charge < -0.3 is 24.8 Å². The third-order valence-corrected chi connectivity index (χ3v) is 7.59. The van der Waals surface area contributed by atoms with Crippen molar-refractivity contribution in [2.75, 3.05) is 26.9 Å². The number of Topliss-reactive ketones (excluding diaryl/α,β-unsaturated/α-hetero) is 1. The van der Waals surface area contributed by atoms with Crippen LogP contribution in [0.15, 0.2) is 59.1 Å². The van der Waals surface area contributed by atoms with Crippen LogP contribution < -0.4 is 15.2 Å². The maximum atomic E-state index is 13.6. The Hall–Kier alpha value is -3.18. The Labute approximate surface area is 239 Å². The number of carbonyl (C=O) groups is 1. The molecule has 0 saturated heterocycles. The highest BCUT2D eigenvalue weighted by Crippen LogP contribution is 2.49. The largest absolute Gasteiger partial charge is 0.490 e. The Morgan fingerprint density at radius 1 is 1.13 bits per heavy atom. The third kappa shape index (κ3) is 6.04. The summed E-state index contributed by atoms with van der Waals surface area (Å²) in [6.45, 7) is 7.51. The summed E-state index contributed by atoms with van der Waals surface area (Å²) in [6, 6.07) is 13.0. The second kappa shape index (κ2) is 11.9. The van der Waals surface area contributed by atoms with Crippen LogP contribution in [0.1, 0.15) is 50.7 Å². The number of nitriles is 1. The van der Waals surface area contributed by atoms with Crippen molar-refractivity contribution in [3.05, 3.63) is 80.2 Å². The van der Waals surface area contributed by atoms with E-state index in [2.05, 4.69) is 19.9 Å². The Kier molecular flexibility index (Phi) is 8.80. The SMILES string of the molecule is CCOc1cc([C@H]2C(C#N)=C(N)N(CCOC)C3=C2C(=O)CC(C)(C)C3)ccc1OCc1ccc(Cl)cc1Cl. The molecule has 2 aromatic rings. The van der Waals surface area contributed by atoms with E-state index in [1.807, 2.05) is 30.0 Å². The molecule has 9 heteroatoms. The number of halogens is 2. The number of ether oxygens (including phenoxy) is 3. The molecule has 0 amide bonds. The second-order valence-corrected chi connectivity index (χ2v) is 11.3. The van der Waals surface area contributed by atoms with E-state index in [0.717, 1.165) is 16.8 Å². The second-order valence-electron chi connectivity index (χ2n) is 10.5. The summed E-state index contributed by atoms with van der Waals surface area (Å²) < 4.78 is 17.3. The summed E-state index contributed by atoms with van der Waals surface area (Å²) in [6.07, 6.45) is 1.05. The Morgan fingerprint density at radius 3 is 2.56 bits per heavy atom. The third-order valence-electron chi connectivity index (χ3n) is 7.01. The Bertz CT molecular complexity index is 1380. The highest BCUT2D eigenvalue weighted by Gasteiger charge is 2.44. The van der Waals surface area contributed by atoms with Gasteiger partial charge in [-0.25, -0.2) is 0 Å². The van der Waals surface area contributed by atoms with E-state index < -0.39 is 5.92 Å². The van der Waals surface area contributed by atoms with Crippen molar-refractivity contribution < 1.29 is 19.0 Å². The molecule has 0 fully saturated rings. The standard InChI is InChI=1S/C30H33Cl2N3O4/c1-5-38-26-12-18(7-9-25(26)39-17-19-6-8-20(31)13-22(19)32)27-21(16-33)29(34)35(10-11-37-4)23-14-30(2,3)15-24(36)28(23)27/h6-9,12-13,27H,5,10-11,14-15,17,34H2,1-4H3/t27-/m0/s1. The van der Waals surface area contributed by atoms with Gasteiger partial charge in [-0.05, 0) is 48.6 Å². The number of methoxy groups -OCH3 is 1. The average Bonchev–Trinajstić information content (AvgIpc) is 2.87. The number of allylic oxidation sites excluding steroid dienone is 3. The fourth-order valence-corrected chi connectivity index (χ4v) is 5.70. The molecule has 0 bridgehead atoms. The summed E-state index contributed by atoms with van der Waals surface area (Å²) in [5.41, 5.74) is 9.70. The molecule has 1 atom stereocenters. The number of nitrogens with zero attached hydrogens (tertiary/aromatic N) is 2. The first-order chi connectivity index (χ1) is 18.6. The summed E-state index contributed by atoms with van der Waals surface area (Å²) in [4.78, 5) is 15.5. The maximum absolute atomic E-state index is 13.6. The quantitative estimate of drug-likeness (QED) is 0.375. The molecule has 206 valence electrons. The lowest BCUT2D eigenvalue weighted by Crippen LogP contribution is -2.43. The lowest BCUT2D eigenvalue weighted by atomic mass is 9.68. The zero-order valence-electron chi connectivity index (χ0n) is 22.6. The van der Waals surface area contributed by atoms with E-state index in [0.29, 0.717) is 71.1 Å². The molecule has 1 heterocycles. The molecule has 0 saturated carbocycles. The highest BCUT2D eigenvalue weighted by atomic mass is 35.5. The van der Waals surface area contributed by atoms with Crippen molar-refractivity contribution in [2.45, 2.75) is 46.1 Å². The fraction of sp³-hybridized carbons (Fsp3) is 0.400. The summed E-state index contributed by atoms with van der Waals surface area (Å²) in [5, 5.41) is 11.3. The molecule has 1 aliphatic heterocycles. The van der Waals surface area contributed by atoms with Gasteiger partial charge in [-0.15, -0.1) is 0 Å². The van der Waals surface area contributed by atoms with Gasteiger partial charge in [-0.2, -0.15) is 5.26 Å². The van der Waals surface area contributed by atoms with Crippen LogP contribution >= 0.6 is 23.2 Å². The van der Waals surface area contributed by atoms with E-state index in [9.17, 15) is 10.1 Å². The zero-order valence-corrected chi connectivity index (χ0v) is 24.2. The van der Waals surface area contributed by atoms with Gasteiger partial charge in [0.1, 0.15) is 12.4 Å². The van der Waals surface area contributed by atoms with Crippen molar-refractivity contribution in [3.63, 3.8) is 0 Å². The number of benzene rings is 2. The molecule has 2 aliphatic rings. The molecular formula is C30H33Cl2N3O4. The van der Waals surface area contributed by atoms with Crippen LogP contribution in [0.3, 0.4) is 0 Å². The van der Waals surface area contributed by atoms with Crippen molar-refractivity contribution >= 4 is 29.0 Å². The van der Waals surface area contributed by atoms with Crippen LogP contribution in [-0.4, -0.2) is 37.6 Å². The van der Waals surface area contributed by atoms with E-state index in [1.54, 1.807) is 25.3 Å². The van der Waals surface area contributed by atoms with Crippen LogP contribution in [0.5, 0.6) is 11.5 Å². The number of ketones is 1. The highest BCUT2D eigenvalue weighted by molar-refractivity contribution is 6.35. The predicted molar refractivity (Wildman–Crippen MR) is 152 cm³/mol. The monoisotopic (exact) mass is 569 g/mol. The van der Waals surface area contributed by atoms with E-state index >= 15 is 0 Å². The van der Waals surface area contributed by atoms with Gasteiger partial charge in [-0.3, -0.25) is 4.79 Å². The molecule has 1 aliphatic carbocycles. The fourth-order valence-electron chi connectivity index (χ4n) is 5.23. The minimum absolute atomic E-state index is 0.0181. The normalized spacial score (nSPS) is 18.6. The minimum atomic E-state index is -0.605. The number of carbonyl (C=O) groups excluding carboxylic acids is 1. The van der Waals surface area contributed by atoms with Crippen LogP contribution in [0, 0.1) is 16.7 Å². The van der Waals surface area contributed by atoms with Gasteiger partial charge in [0.05, 0.1) is 30.8 Å². The van der Waals surface area contributed by atoms with Crippen LogP contribution in [0.2, 0.25) is 10.0 Å². The molecule has 0 radical (unpaired) electrons. The Balaban J connectivity index is 1.77. The van der Waals surface area contributed by atoms with Crippen LogP contribution in [-0.2, 0) is 16.1 Å². The van der Waals surface area contributed by atoms with Crippen LogP contribution in [0.25, 0.3) is 0 Å². The van der Waals surface area contributed by atoms with Gasteiger partial charge in [0.2, 0.25) is 0 Å². The van der Waals surface area contributed by atoms with Gasteiger partial charge >= 0.3 is 0 Å². The molecule has 4 rings (SSSR count). The molecule has 39 heavy (non-hydrogen) atoms. The van der Waals surface area contributed by atoms with Crippen molar-refractivity contribution in [1.82, 2.24) is 4.90 Å². The molecule has 0 unspecified atom stereocenters. The van der Waals surface area contributed by atoms with Crippen molar-refractivity contribution in [1.29, 1.82) is 5.26 Å². The first kappa shape index (κ1) is 28.8. The summed E-state index contributed by atoms with van der Waals surface area (Å²) >= 11 is 12.3. The van der Waals surface area contributed by atoms with E-state index in [-0.39, 0.29) is 17.8 Å². The van der Waals surface area contributed by atoms with Gasteiger partial charge in [-0.1, -0.05) is 49.2 Å². The number of rotatable bonds is 9. The minimum Gasteiger partial charge on any atom is -0.490 e. The van der Waals surface area contributed by atoms with E-state index in [1.165, 1.54) is 0 Å². The number of hydrogen-bond acceptors (Lipinski definition) is 7. The smallest absolute Gasteiger partial charge is 0.162 e. The average molecular weight is 571 g/mol. The molecular weight excluding hydrogens is 537 g/mol. The van der Waals surface area contributed by atoms with Crippen molar-refractivity contribution in [3.8, 4) is 17.6 Å². The molecule has 0 spiro atoms. The number of hydrogen-bond donors (Lipinski definition) is 1. The lowest BCUT2D eigenvalue weighted by molar-refractivity contribution is -0.118. The Morgan fingerprint density at radius 2 is 1.90 bits per heavy atom. The van der Waals surface area contributed by atoms with Crippen molar-refractivity contribution in [2.24, 2.45) is 11.1 Å². The lowest BCUT2D eigenvalue weighted by Gasteiger charge is -2.43. The van der Waals surface area contributed by atoms with Gasteiger partial charge in [0.15, 0.2) is 17.3 Å². The van der Waals surface area contributed by atoms with Gasteiger partial charge in [0.25, 0.3) is 0 Å². The molecule has 0 aromatic heterocycles. The summed E-state index contributed by atoms with van der Waals surface area (Å²) in [5.74, 6) is 0.781. The maximum Gasteiger partial charge on any atom is 0.162 e. The topological polar surface area (TPSA) is 97.8 Å². The first-order valence-electron chi connectivity index (χ1n) is 12.9. The first-order valence-corrected chi connectivity index (χ1v) is 13.6. The van der Waals surface area contributed by atoms with Gasteiger partial charge in [0, 0.05) is 47.0 Å². The van der Waals surface area contributed by atoms with Crippen LogP contribution in [0.4, 0.5) is 0 Å². The molecule has 2 N–H and O–H groups in total. The van der Waals surface area contributed by atoms with E-state index in [4.69, 9.17) is 43.1 Å². The number of nitrogens with two attached hydrogens (primary N) is 1. The molecule has 2 aromatic carbocycles. The predicted octanol–water partition coefficient (Wildman–Crippen LogP) is 6.35. The molecule has 7 nitrogen and oxygen atoms in total. The zero-order chi connectivity index (χ0) is 28.3.